The van der Waals surface area contributed by atoms with E-state index in [9.17, 15) is 19.7 Å². The molecule has 1 heterocycles. The molecule has 0 aromatic heterocycles. The standard InChI is InChI=1S/C33H44BN3O9/c1-31(2,3)44-30(39)21-11-9-10-19(28(21)43-8)15-26(34-45-25-17-20-16-24(32(20,4)5)33(25,6)46-34)36-29(38)27(35)18-12-13-23(42-7)22(14-18)37(40)41/h9-14,20,24-27H,15-17,35H2,1-8H3,(H,36,38)/t20-,24-,25+,26-,27?,33-/m0/s1. The largest absolute Gasteiger partial charge is 0.496 e. The lowest BCUT2D eigenvalue weighted by Gasteiger charge is -2.64. The van der Waals surface area contributed by atoms with Crippen LogP contribution >= 0.6 is 0 Å². The molecule has 3 saturated carbocycles. The number of nitrogens with zero attached hydrogens (tertiary/aromatic N) is 1. The number of carbonyl (C=O) groups excluding carboxylic acids is 2. The second-order valence-electron chi connectivity index (χ2n) is 14.3. The third kappa shape index (κ3) is 6.07. The molecule has 2 aromatic carbocycles. The summed E-state index contributed by atoms with van der Waals surface area (Å²) in [6.07, 6.45) is 1.93. The Labute approximate surface area is 269 Å². The average Bonchev–Trinajstić information content (AvgIpc) is 3.36. The minimum absolute atomic E-state index is 0.0566. The van der Waals surface area contributed by atoms with Crippen LogP contribution in [0.5, 0.6) is 11.5 Å². The fraction of sp³-hybridized carbons (Fsp3) is 0.576. The number of nitrogens with one attached hydrogen (secondary N) is 1. The van der Waals surface area contributed by atoms with Crippen molar-refractivity contribution in [3.05, 3.63) is 63.2 Å². The van der Waals surface area contributed by atoms with Gasteiger partial charge in [-0.05, 0) is 87.5 Å². The second-order valence-corrected chi connectivity index (χ2v) is 14.3. The maximum atomic E-state index is 13.7. The Kier molecular flexibility index (Phi) is 8.91. The minimum atomic E-state index is -1.24. The highest BCUT2D eigenvalue weighted by atomic mass is 16.7. The molecule has 13 heteroatoms. The molecule has 0 spiro atoms. The summed E-state index contributed by atoms with van der Waals surface area (Å²) in [6, 6.07) is 8.09. The van der Waals surface area contributed by atoms with Gasteiger partial charge < -0.3 is 34.6 Å². The van der Waals surface area contributed by atoms with Gasteiger partial charge in [-0.1, -0.05) is 32.0 Å². The van der Waals surface area contributed by atoms with E-state index >= 15 is 0 Å². The first-order valence-electron chi connectivity index (χ1n) is 15.6. The molecule has 6 rings (SSSR count). The summed E-state index contributed by atoms with van der Waals surface area (Å²) < 4.78 is 29.7. The van der Waals surface area contributed by atoms with E-state index in [1.165, 1.54) is 32.4 Å². The molecule has 248 valence electrons. The van der Waals surface area contributed by atoms with Gasteiger partial charge in [-0.15, -0.1) is 0 Å². The van der Waals surface area contributed by atoms with E-state index in [2.05, 4.69) is 26.1 Å². The number of nitro benzene ring substituents is 1. The van der Waals surface area contributed by atoms with Gasteiger partial charge in [0.1, 0.15) is 23.0 Å². The van der Waals surface area contributed by atoms with E-state index in [0.717, 1.165) is 12.8 Å². The van der Waals surface area contributed by atoms with Crippen LogP contribution in [-0.2, 0) is 25.3 Å². The Bertz CT molecular complexity index is 1530. The molecule has 4 fully saturated rings. The van der Waals surface area contributed by atoms with Gasteiger partial charge in [-0.3, -0.25) is 14.9 Å². The number of hydrogen-bond acceptors (Lipinski definition) is 10. The van der Waals surface area contributed by atoms with Gasteiger partial charge >= 0.3 is 18.8 Å². The van der Waals surface area contributed by atoms with Crippen molar-refractivity contribution in [3.8, 4) is 11.5 Å². The number of nitrogens with two attached hydrogens (primary N) is 1. The number of benzene rings is 2. The Morgan fingerprint density at radius 1 is 1.15 bits per heavy atom. The highest BCUT2D eigenvalue weighted by Gasteiger charge is 2.68. The zero-order valence-corrected chi connectivity index (χ0v) is 27.7. The Balaban J connectivity index is 1.46. The van der Waals surface area contributed by atoms with Crippen molar-refractivity contribution >= 4 is 24.7 Å². The normalized spacial score (nSPS) is 25.8. The molecule has 46 heavy (non-hydrogen) atoms. The summed E-state index contributed by atoms with van der Waals surface area (Å²) in [5, 5.41) is 14.6. The molecule has 1 unspecified atom stereocenters. The van der Waals surface area contributed by atoms with Crippen LogP contribution in [0.15, 0.2) is 36.4 Å². The van der Waals surface area contributed by atoms with Gasteiger partial charge in [-0.2, -0.15) is 0 Å². The number of carbonyl (C=O) groups is 2. The van der Waals surface area contributed by atoms with Crippen molar-refractivity contribution in [2.75, 3.05) is 14.2 Å². The third-order valence-corrected chi connectivity index (χ3v) is 10.0. The van der Waals surface area contributed by atoms with Crippen LogP contribution in [0.2, 0.25) is 0 Å². The molecule has 6 atom stereocenters. The highest BCUT2D eigenvalue weighted by molar-refractivity contribution is 6.48. The fourth-order valence-electron chi connectivity index (χ4n) is 7.47. The maximum absolute atomic E-state index is 13.7. The van der Waals surface area contributed by atoms with E-state index in [1.54, 1.807) is 32.9 Å². The van der Waals surface area contributed by atoms with E-state index in [4.69, 9.17) is 29.3 Å². The van der Waals surface area contributed by atoms with E-state index in [1.807, 2.05) is 6.07 Å². The van der Waals surface area contributed by atoms with Gasteiger partial charge in [0, 0.05) is 6.07 Å². The van der Waals surface area contributed by atoms with Gasteiger partial charge in [-0.25, -0.2) is 4.79 Å². The Morgan fingerprint density at radius 2 is 1.87 bits per heavy atom. The lowest BCUT2D eigenvalue weighted by atomic mass is 9.43. The van der Waals surface area contributed by atoms with Crippen LogP contribution in [0.1, 0.15) is 81.9 Å². The third-order valence-electron chi connectivity index (χ3n) is 10.0. The molecule has 4 aliphatic rings. The summed E-state index contributed by atoms with van der Waals surface area (Å²) in [6.45, 7) is 12.0. The number of methoxy groups -OCH3 is 2. The molecule has 2 bridgehead atoms. The molecule has 1 amide bonds. The molecule has 2 aromatic rings. The predicted molar refractivity (Wildman–Crippen MR) is 170 cm³/mol. The van der Waals surface area contributed by atoms with Crippen molar-refractivity contribution in [3.63, 3.8) is 0 Å². The van der Waals surface area contributed by atoms with Crippen molar-refractivity contribution in [2.45, 2.75) is 90.1 Å². The van der Waals surface area contributed by atoms with Gasteiger partial charge in [0.25, 0.3) is 0 Å². The number of rotatable bonds is 10. The molecule has 3 aliphatic carbocycles. The lowest BCUT2D eigenvalue weighted by Crippen LogP contribution is -2.65. The molecular weight excluding hydrogens is 593 g/mol. The summed E-state index contributed by atoms with van der Waals surface area (Å²) in [5.41, 5.74) is 6.04. The predicted octanol–water partition coefficient (Wildman–Crippen LogP) is 4.56. The summed E-state index contributed by atoms with van der Waals surface area (Å²) in [7, 11) is 1.97. The Hall–Kier alpha value is -3.68. The van der Waals surface area contributed by atoms with Crippen molar-refractivity contribution in [1.82, 2.24) is 5.32 Å². The van der Waals surface area contributed by atoms with Crippen molar-refractivity contribution in [2.24, 2.45) is 23.0 Å². The van der Waals surface area contributed by atoms with Crippen molar-refractivity contribution in [1.29, 1.82) is 0 Å². The number of para-hydroxylation sites is 1. The summed E-state index contributed by atoms with van der Waals surface area (Å²) in [4.78, 5) is 37.9. The average molecular weight is 638 g/mol. The Morgan fingerprint density at radius 3 is 2.48 bits per heavy atom. The molecule has 12 nitrogen and oxygen atoms in total. The number of ether oxygens (including phenoxy) is 3. The smallest absolute Gasteiger partial charge is 0.482 e. The first-order chi connectivity index (χ1) is 21.5. The lowest BCUT2D eigenvalue weighted by molar-refractivity contribution is -0.385. The number of hydrogen-bond donors (Lipinski definition) is 2. The van der Waals surface area contributed by atoms with Crippen LogP contribution in [0.4, 0.5) is 5.69 Å². The van der Waals surface area contributed by atoms with Crippen LogP contribution in [0.3, 0.4) is 0 Å². The first kappa shape index (κ1) is 33.7. The highest BCUT2D eigenvalue weighted by Crippen LogP contribution is 2.65. The van der Waals surface area contributed by atoms with E-state index in [-0.39, 0.29) is 46.4 Å². The topological polar surface area (TPSA) is 161 Å². The van der Waals surface area contributed by atoms with Gasteiger partial charge in [0.2, 0.25) is 5.91 Å². The number of nitro groups is 1. The molecule has 1 aliphatic heterocycles. The minimum Gasteiger partial charge on any atom is -0.496 e. The summed E-state index contributed by atoms with van der Waals surface area (Å²) in [5.74, 6) is -0.685. The van der Waals surface area contributed by atoms with E-state index in [0.29, 0.717) is 17.2 Å². The zero-order chi connectivity index (χ0) is 33.8. The SMILES string of the molecule is COc1ccc(C(N)C(=O)N[C@@H](Cc2cccc(C(=O)OC(C)(C)C)c2OC)B2O[C@@H]3C[C@@H]4C[C@@H](C4(C)C)[C@]3(C)O2)cc1[N+](=O)[O-]. The van der Waals surface area contributed by atoms with Crippen LogP contribution in [0.25, 0.3) is 0 Å². The number of esters is 1. The van der Waals surface area contributed by atoms with Crippen LogP contribution in [0, 0.1) is 27.4 Å². The zero-order valence-electron chi connectivity index (χ0n) is 27.7. The monoisotopic (exact) mass is 637 g/mol. The first-order valence-corrected chi connectivity index (χ1v) is 15.6. The fourth-order valence-corrected chi connectivity index (χ4v) is 7.47. The van der Waals surface area contributed by atoms with Crippen LogP contribution < -0.4 is 20.5 Å². The summed E-state index contributed by atoms with van der Waals surface area (Å²) >= 11 is 0. The van der Waals surface area contributed by atoms with Gasteiger partial charge in [0.05, 0.1) is 36.8 Å². The van der Waals surface area contributed by atoms with Crippen LogP contribution in [-0.4, -0.2) is 61.4 Å². The number of amides is 1. The maximum Gasteiger partial charge on any atom is 0.482 e. The molecule has 1 saturated heterocycles. The van der Waals surface area contributed by atoms with Gasteiger partial charge in [0.15, 0.2) is 5.75 Å². The molecule has 3 N–H and O–H groups in total. The second kappa shape index (κ2) is 12.2. The quantitative estimate of drug-likeness (QED) is 0.164. The molecular formula is C33H44BN3O9. The van der Waals surface area contributed by atoms with Crippen molar-refractivity contribution < 1.29 is 38.0 Å². The van der Waals surface area contributed by atoms with E-state index < -0.39 is 47.1 Å². The molecule has 0 radical (unpaired) electrons.